The highest BCUT2D eigenvalue weighted by Gasteiger charge is 2.24. The highest BCUT2D eigenvalue weighted by atomic mass is 35.5. The van der Waals surface area contributed by atoms with Crippen molar-refractivity contribution >= 4 is 34.1 Å². The van der Waals surface area contributed by atoms with E-state index in [-0.39, 0.29) is 36.6 Å². The molecule has 1 saturated carbocycles. The van der Waals surface area contributed by atoms with Gasteiger partial charge in [-0.15, -0.1) is 0 Å². The molecule has 4 rings (SSSR count). The second kappa shape index (κ2) is 11.3. The average Bonchev–Trinajstić information content (AvgIpc) is 2.81. The van der Waals surface area contributed by atoms with Crippen molar-refractivity contribution in [2.45, 2.75) is 52.7 Å². The zero-order chi connectivity index (χ0) is 24.4. The van der Waals surface area contributed by atoms with E-state index in [1.54, 1.807) is 25.3 Å². The van der Waals surface area contributed by atoms with Crippen LogP contribution in [0.25, 0.3) is 22.3 Å². The molecule has 35 heavy (non-hydrogen) atoms. The van der Waals surface area contributed by atoms with Crippen molar-refractivity contribution in [2.24, 2.45) is 5.92 Å². The van der Waals surface area contributed by atoms with Crippen LogP contribution in [0.1, 0.15) is 56.0 Å². The first kappa shape index (κ1) is 26.9. The van der Waals surface area contributed by atoms with Gasteiger partial charge in [0.15, 0.2) is 5.78 Å². The van der Waals surface area contributed by atoms with Crippen LogP contribution in [0.4, 0.5) is 5.69 Å². The Balaban J connectivity index is 0.00000342. The van der Waals surface area contributed by atoms with Gasteiger partial charge in [-0.1, -0.05) is 19.0 Å². The maximum Gasteiger partial charge on any atom is 0.163 e. The SMILES string of the molecule is C.CC(=O)c1cnc2ccc(-c3cc(Cl)c(O)c(CO)c3)nc2c1NC1CCC(CN(C)C)CC1. The first-order chi connectivity index (χ1) is 16.3. The van der Waals surface area contributed by atoms with E-state index in [1.807, 2.05) is 12.1 Å². The molecule has 0 unspecified atom stereocenters. The average molecular weight is 499 g/mol. The zero-order valence-electron chi connectivity index (χ0n) is 19.8. The van der Waals surface area contributed by atoms with Gasteiger partial charge < -0.3 is 20.4 Å². The number of nitrogens with zero attached hydrogens (tertiary/aromatic N) is 3. The molecule has 0 radical (unpaired) electrons. The summed E-state index contributed by atoms with van der Waals surface area (Å²) in [5.74, 6) is 0.487. The van der Waals surface area contributed by atoms with Crippen LogP contribution in [0, 0.1) is 5.92 Å². The van der Waals surface area contributed by atoms with Gasteiger partial charge in [-0.2, -0.15) is 0 Å². The number of aliphatic hydroxyl groups excluding tert-OH is 1. The van der Waals surface area contributed by atoms with E-state index in [2.05, 4.69) is 29.3 Å². The minimum Gasteiger partial charge on any atom is -0.506 e. The number of ketones is 1. The van der Waals surface area contributed by atoms with Crippen molar-refractivity contribution in [3.05, 3.63) is 46.6 Å². The van der Waals surface area contributed by atoms with Crippen LogP contribution in [0.5, 0.6) is 5.75 Å². The van der Waals surface area contributed by atoms with E-state index in [4.69, 9.17) is 16.6 Å². The molecule has 0 aliphatic heterocycles. The Labute approximate surface area is 212 Å². The van der Waals surface area contributed by atoms with Gasteiger partial charge in [0.1, 0.15) is 11.3 Å². The Kier molecular flexibility index (Phi) is 8.70. The Morgan fingerprint density at radius 1 is 1.20 bits per heavy atom. The third kappa shape index (κ3) is 5.92. The molecule has 1 fully saturated rings. The number of carbonyl (C=O) groups excluding carboxylic acids is 1. The predicted molar refractivity (Wildman–Crippen MR) is 142 cm³/mol. The van der Waals surface area contributed by atoms with Crippen molar-refractivity contribution in [1.29, 1.82) is 0 Å². The van der Waals surface area contributed by atoms with E-state index in [0.29, 0.717) is 45.0 Å². The van der Waals surface area contributed by atoms with Gasteiger partial charge in [-0.3, -0.25) is 9.78 Å². The lowest BCUT2D eigenvalue weighted by Crippen LogP contribution is -2.31. The van der Waals surface area contributed by atoms with Crippen LogP contribution < -0.4 is 5.32 Å². The van der Waals surface area contributed by atoms with Crippen molar-refractivity contribution in [1.82, 2.24) is 14.9 Å². The number of aromatic nitrogens is 2. The van der Waals surface area contributed by atoms with E-state index in [9.17, 15) is 15.0 Å². The molecule has 3 aromatic rings. The van der Waals surface area contributed by atoms with Gasteiger partial charge in [0, 0.05) is 29.9 Å². The number of phenols is 1. The summed E-state index contributed by atoms with van der Waals surface area (Å²) in [5.41, 5.74) is 4.14. The van der Waals surface area contributed by atoms with Crippen LogP contribution in [0.2, 0.25) is 5.02 Å². The maximum atomic E-state index is 12.5. The smallest absolute Gasteiger partial charge is 0.163 e. The number of hydrogen-bond donors (Lipinski definition) is 3. The van der Waals surface area contributed by atoms with Gasteiger partial charge in [0.05, 0.1) is 34.1 Å². The Morgan fingerprint density at radius 3 is 2.54 bits per heavy atom. The molecule has 1 aliphatic carbocycles. The molecule has 0 amide bonds. The summed E-state index contributed by atoms with van der Waals surface area (Å²) in [5, 5.41) is 23.4. The fourth-order valence-corrected chi connectivity index (χ4v) is 5.01. The predicted octanol–water partition coefficient (Wildman–Crippen LogP) is 5.52. The molecule has 0 saturated heterocycles. The number of aliphatic hydroxyl groups is 1. The third-order valence-corrected chi connectivity index (χ3v) is 6.81. The molecule has 1 aliphatic rings. The number of hydrogen-bond acceptors (Lipinski definition) is 7. The summed E-state index contributed by atoms with van der Waals surface area (Å²) in [6, 6.07) is 7.22. The minimum absolute atomic E-state index is 0. The summed E-state index contributed by atoms with van der Waals surface area (Å²) in [4.78, 5) is 24.0. The van der Waals surface area contributed by atoms with Gasteiger partial charge in [-0.25, -0.2) is 4.98 Å². The lowest BCUT2D eigenvalue weighted by Gasteiger charge is -2.31. The lowest BCUT2D eigenvalue weighted by molar-refractivity contribution is 0.101. The van der Waals surface area contributed by atoms with Crippen molar-refractivity contribution in [2.75, 3.05) is 26.0 Å². The number of anilines is 1. The number of benzene rings is 1. The monoisotopic (exact) mass is 498 g/mol. The molecule has 0 bridgehead atoms. The highest BCUT2D eigenvalue weighted by Crippen LogP contribution is 2.35. The Hall–Kier alpha value is -2.74. The Morgan fingerprint density at radius 2 is 1.91 bits per heavy atom. The van der Waals surface area contributed by atoms with E-state index < -0.39 is 0 Å². The van der Waals surface area contributed by atoms with E-state index in [0.717, 1.165) is 32.2 Å². The first-order valence-corrected chi connectivity index (χ1v) is 12.0. The summed E-state index contributed by atoms with van der Waals surface area (Å²) in [6.45, 7) is 2.30. The van der Waals surface area contributed by atoms with Crippen molar-refractivity contribution < 1.29 is 15.0 Å². The number of pyridine rings is 2. The molecule has 2 heterocycles. The largest absolute Gasteiger partial charge is 0.506 e. The van der Waals surface area contributed by atoms with Crippen LogP contribution in [0.15, 0.2) is 30.5 Å². The standard InChI is InChI=1S/C26H31ClN4O3.CH4/c1-15(33)20-12-28-23-9-8-22(17-10-18(14-32)26(34)21(27)11-17)30-25(23)24(20)29-19-6-4-16(5-7-19)13-31(2)3;/h8-12,16,19,32,34H,4-7,13-14H2,1-3H3,(H,28,29);1H4. The molecular formula is C27H35ClN4O3. The molecule has 1 aromatic carbocycles. The molecule has 3 N–H and O–H groups in total. The molecular weight excluding hydrogens is 464 g/mol. The molecule has 188 valence electrons. The first-order valence-electron chi connectivity index (χ1n) is 11.6. The normalized spacial score (nSPS) is 17.9. The number of fused-ring (bicyclic) bond motifs is 1. The zero-order valence-corrected chi connectivity index (χ0v) is 20.6. The highest BCUT2D eigenvalue weighted by molar-refractivity contribution is 6.32. The fourth-order valence-electron chi connectivity index (χ4n) is 4.77. The van der Waals surface area contributed by atoms with Gasteiger partial charge in [0.25, 0.3) is 0 Å². The number of nitrogens with one attached hydrogen (secondary N) is 1. The molecule has 8 heteroatoms. The van der Waals surface area contributed by atoms with Crippen molar-refractivity contribution in [3.63, 3.8) is 0 Å². The Bertz CT molecular complexity index is 1210. The van der Waals surface area contributed by atoms with Crippen LogP contribution >= 0.6 is 11.6 Å². The lowest BCUT2D eigenvalue weighted by atomic mass is 9.85. The van der Waals surface area contributed by atoms with Crippen molar-refractivity contribution in [3.8, 4) is 17.0 Å². The number of Topliss-reactive ketones (excluding diaryl/α,β-unsaturated/α-hetero) is 1. The fraction of sp³-hybridized carbons (Fsp3) is 0.444. The topological polar surface area (TPSA) is 98.6 Å². The third-order valence-electron chi connectivity index (χ3n) is 6.52. The van der Waals surface area contributed by atoms with E-state index in [1.165, 1.54) is 0 Å². The maximum absolute atomic E-state index is 12.5. The minimum atomic E-state index is -0.341. The molecule has 0 atom stereocenters. The molecule has 0 spiro atoms. The van der Waals surface area contributed by atoms with Gasteiger partial charge >= 0.3 is 0 Å². The van der Waals surface area contributed by atoms with Crippen LogP contribution in [-0.2, 0) is 6.61 Å². The van der Waals surface area contributed by atoms with Crippen LogP contribution in [0.3, 0.4) is 0 Å². The van der Waals surface area contributed by atoms with E-state index >= 15 is 0 Å². The summed E-state index contributed by atoms with van der Waals surface area (Å²) < 4.78 is 0. The summed E-state index contributed by atoms with van der Waals surface area (Å²) in [6.07, 6.45) is 5.97. The summed E-state index contributed by atoms with van der Waals surface area (Å²) in [7, 11) is 4.22. The molecule has 2 aromatic heterocycles. The summed E-state index contributed by atoms with van der Waals surface area (Å²) >= 11 is 6.17. The van der Waals surface area contributed by atoms with Crippen LogP contribution in [-0.4, -0.2) is 57.5 Å². The molecule has 7 nitrogen and oxygen atoms in total. The number of aromatic hydroxyl groups is 1. The number of halogens is 1. The van der Waals surface area contributed by atoms with Gasteiger partial charge in [0.2, 0.25) is 0 Å². The number of carbonyl (C=O) groups is 1. The second-order valence-corrected chi connectivity index (χ2v) is 9.82. The van der Waals surface area contributed by atoms with Gasteiger partial charge in [-0.05, 0) is 76.9 Å². The number of rotatable bonds is 7. The quantitative estimate of drug-likeness (QED) is 0.369. The second-order valence-electron chi connectivity index (χ2n) is 9.42.